The molecule has 0 spiro atoms. The van der Waals surface area contributed by atoms with Gasteiger partial charge >= 0.3 is 0 Å². The largest absolute Gasteiger partial charge is 0.494 e. The summed E-state index contributed by atoms with van der Waals surface area (Å²) in [6.45, 7) is 8.87. The van der Waals surface area contributed by atoms with Crippen LogP contribution in [-0.4, -0.2) is 84.9 Å². The van der Waals surface area contributed by atoms with Crippen molar-refractivity contribution in [2.24, 2.45) is 0 Å². The van der Waals surface area contributed by atoms with E-state index < -0.39 is 10.0 Å². The van der Waals surface area contributed by atoms with Crippen LogP contribution in [0, 0.1) is 0 Å². The van der Waals surface area contributed by atoms with Crippen LogP contribution in [0.3, 0.4) is 0 Å². The highest BCUT2D eigenvalue weighted by Crippen LogP contribution is 2.41. The fourth-order valence-electron chi connectivity index (χ4n) is 6.59. The number of rotatable bonds is 10. The Hall–Kier alpha value is -3.75. The summed E-state index contributed by atoms with van der Waals surface area (Å²) < 4.78 is 32.9. The predicted octanol–water partition coefficient (Wildman–Crippen LogP) is 5.70. The molecule has 0 aliphatic carbocycles. The minimum Gasteiger partial charge on any atom is -0.494 e. The molecule has 14 heteroatoms. The van der Waals surface area contributed by atoms with Gasteiger partial charge in [0.25, 0.3) is 0 Å². The highest BCUT2D eigenvalue weighted by atomic mass is 79.9. The van der Waals surface area contributed by atoms with Crippen molar-refractivity contribution in [3.63, 3.8) is 0 Å². The van der Waals surface area contributed by atoms with Gasteiger partial charge in [-0.05, 0) is 72.8 Å². The Bertz CT molecular complexity index is 1870. The van der Waals surface area contributed by atoms with Crippen molar-refractivity contribution in [2.45, 2.75) is 58.2 Å². The second-order valence-corrected chi connectivity index (χ2v) is 15.0. The first kappa shape index (κ1) is 32.2. The smallest absolute Gasteiger partial charge is 0.232 e. The number of fused-ring (bicyclic) bond motifs is 4. The Balaban J connectivity index is 1.31. The number of hydrogen-bond donors (Lipinski definition) is 2. The Labute approximate surface area is 278 Å². The predicted molar refractivity (Wildman–Crippen MR) is 187 cm³/mol. The van der Waals surface area contributed by atoms with Crippen LogP contribution >= 0.6 is 15.9 Å². The molecule has 2 aromatic carbocycles. The number of halogens is 1. The molecule has 244 valence electrons. The molecule has 3 saturated heterocycles. The highest BCUT2D eigenvalue weighted by molar-refractivity contribution is 9.10. The van der Waals surface area contributed by atoms with Crippen LogP contribution in [0.1, 0.15) is 39.2 Å². The number of nitrogens with one attached hydrogen (secondary N) is 2. The zero-order valence-corrected chi connectivity index (χ0v) is 29.4. The van der Waals surface area contributed by atoms with Gasteiger partial charge in [0.2, 0.25) is 16.0 Å². The number of aryl methyl sites for hydroxylation is 1. The topological polar surface area (TPSA) is 129 Å². The van der Waals surface area contributed by atoms with E-state index in [0.717, 1.165) is 31.5 Å². The summed E-state index contributed by atoms with van der Waals surface area (Å²) in [6.07, 6.45) is 9.21. The minimum absolute atomic E-state index is 0.349. The van der Waals surface area contributed by atoms with Gasteiger partial charge in [-0.1, -0.05) is 6.92 Å². The molecule has 0 amide bonds. The number of piperazine rings is 1. The molecule has 2 N–H and O–H groups in total. The summed E-state index contributed by atoms with van der Waals surface area (Å²) in [5, 5.41) is 6.65. The third-order valence-corrected chi connectivity index (χ3v) is 10.8. The van der Waals surface area contributed by atoms with E-state index in [1.54, 1.807) is 31.6 Å². The van der Waals surface area contributed by atoms with Crippen LogP contribution in [0.25, 0.3) is 11.0 Å². The molecule has 12 nitrogen and oxygen atoms in total. The Morgan fingerprint density at radius 3 is 2.50 bits per heavy atom. The molecule has 3 aliphatic heterocycles. The Kier molecular flexibility index (Phi) is 8.96. The maximum atomic E-state index is 12.6. The van der Waals surface area contributed by atoms with Crippen molar-refractivity contribution in [1.29, 1.82) is 0 Å². The molecule has 46 heavy (non-hydrogen) atoms. The van der Waals surface area contributed by atoms with E-state index in [1.165, 1.54) is 41.6 Å². The quantitative estimate of drug-likeness (QED) is 0.211. The van der Waals surface area contributed by atoms with Crippen molar-refractivity contribution >= 4 is 71.5 Å². The molecule has 2 bridgehead atoms. The maximum absolute atomic E-state index is 12.6. The SMILES string of the molecule is CCc1cc(Nc2ncc(Br)c(Nc3ccc4nccnc4c3N(C)S(C)(=O)=O)n2)c(OC)cc1N1CC2CCC1CN2C(C)C. The Morgan fingerprint density at radius 1 is 1.07 bits per heavy atom. The number of ether oxygens (including phenoxy) is 1. The van der Waals surface area contributed by atoms with Gasteiger partial charge in [-0.15, -0.1) is 0 Å². The zero-order chi connectivity index (χ0) is 32.7. The first-order valence-corrected chi connectivity index (χ1v) is 18.1. The molecular weight excluding hydrogens is 670 g/mol. The van der Waals surface area contributed by atoms with E-state index in [4.69, 9.17) is 9.72 Å². The number of sulfonamides is 1. The summed E-state index contributed by atoms with van der Waals surface area (Å²) in [7, 11) is -0.442. The van der Waals surface area contributed by atoms with Gasteiger partial charge in [0.1, 0.15) is 22.8 Å². The van der Waals surface area contributed by atoms with Crippen molar-refractivity contribution < 1.29 is 13.2 Å². The van der Waals surface area contributed by atoms with E-state index in [9.17, 15) is 8.42 Å². The summed E-state index contributed by atoms with van der Waals surface area (Å²) >= 11 is 3.55. The van der Waals surface area contributed by atoms with Crippen molar-refractivity contribution in [3.05, 3.63) is 52.9 Å². The minimum atomic E-state index is -3.61. The van der Waals surface area contributed by atoms with Crippen LogP contribution in [0.5, 0.6) is 5.75 Å². The van der Waals surface area contributed by atoms with E-state index in [1.807, 2.05) is 0 Å². The van der Waals surface area contributed by atoms with Gasteiger partial charge in [0.15, 0.2) is 0 Å². The van der Waals surface area contributed by atoms with Crippen LogP contribution in [0.15, 0.2) is 47.3 Å². The molecule has 5 heterocycles. The normalized spacial score (nSPS) is 18.3. The average Bonchev–Trinajstić information content (AvgIpc) is 3.05. The van der Waals surface area contributed by atoms with Crippen molar-refractivity contribution in [1.82, 2.24) is 24.8 Å². The highest BCUT2D eigenvalue weighted by Gasteiger charge is 2.40. The third kappa shape index (κ3) is 6.17. The fourth-order valence-corrected chi connectivity index (χ4v) is 7.40. The molecule has 0 saturated carbocycles. The van der Waals surface area contributed by atoms with Gasteiger partial charge in [0, 0.05) is 68.6 Å². The summed E-state index contributed by atoms with van der Waals surface area (Å²) in [5.74, 6) is 1.50. The molecular formula is C32H40BrN9O3S. The molecule has 2 atom stereocenters. The van der Waals surface area contributed by atoms with Crippen LogP contribution in [0.4, 0.5) is 34.5 Å². The lowest BCUT2D eigenvalue weighted by Crippen LogP contribution is -2.64. The van der Waals surface area contributed by atoms with Crippen molar-refractivity contribution in [3.8, 4) is 5.75 Å². The Morgan fingerprint density at radius 2 is 1.83 bits per heavy atom. The molecule has 2 unspecified atom stereocenters. The van der Waals surface area contributed by atoms with Gasteiger partial charge < -0.3 is 20.3 Å². The van der Waals surface area contributed by atoms with Gasteiger partial charge in [-0.2, -0.15) is 4.98 Å². The standard InChI is InChI=1S/C32H40BrN9O3S/c1-7-20-14-26(28(45-5)15-27(20)42-18-21-8-9-22(42)17-41(21)19(2)3)38-32-36-16-23(33)31(39-32)37-25-11-10-24-29(35-13-12-34-24)30(25)40(4)46(6,43)44/h10-16,19,21-22H,7-9,17-18H2,1-6H3,(H2,36,37,38,39). The molecule has 4 aromatic rings. The summed E-state index contributed by atoms with van der Waals surface area (Å²) in [4.78, 5) is 23.3. The van der Waals surface area contributed by atoms with E-state index in [2.05, 4.69) is 84.2 Å². The van der Waals surface area contributed by atoms with Crippen LogP contribution in [-0.2, 0) is 16.4 Å². The van der Waals surface area contributed by atoms with E-state index in [-0.39, 0.29) is 0 Å². The number of methoxy groups -OCH3 is 1. The second-order valence-electron chi connectivity index (χ2n) is 12.1. The van der Waals surface area contributed by atoms with Gasteiger partial charge in [-0.25, -0.2) is 13.4 Å². The second kappa shape index (κ2) is 12.8. The maximum Gasteiger partial charge on any atom is 0.232 e. The van der Waals surface area contributed by atoms with Gasteiger partial charge in [0.05, 0.1) is 34.7 Å². The van der Waals surface area contributed by atoms with Crippen molar-refractivity contribution in [2.75, 3.05) is 53.3 Å². The molecule has 0 radical (unpaired) electrons. The number of piperidine rings is 2. The fraction of sp³-hybridized carbons (Fsp3) is 0.438. The lowest BCUT2D eigenvalue weighted by Gasteiger charge is -2.54. The average molecular weight is 711 g/mol. The number of nitrogens with zero attached hydrogens (tertiary/aromatic N) is 7. The first-order valence-electron chi connectivity index (χ1n) is 15.5. The lowest BCUT2D eigenvalue weighted by atomic mass is 9.88. The molecule has 7 rings (SSSR count). The van der Waals surface area contributed by atoms with E-state index >= 15 is 0 Å². The lowest BCUT2D eigenvalue weighted by molar-refractivity contribution is 0.0672. The zero-order valence-electron chi connectivity index (χ0n) is 27.0. The third-order valence-electron chi connectivity index (χ3n) is 9.00. The summed E-state index contributed by atoms with van der Waals surface area (Å²) in [6, 6.07) is 9.42. The van der Waals surface area contributed by atoms with Crippen LogP contribution < -0.4 is 24.6 Å². The summed E-state index contributed by atoms with van der Waals surface area (Å²) in [5.41, 5.74) is 5.09. The molecule has 3 fully saturated rings. The van der Waals surface area contributed by atoms with E-state index in [0.29, 0.717) is 62.5 Å². The first-order chi connectivity index (χ1) is 22.0. The number of anilines is 6. The van der Waals surface area contributed by atoms with Crippen LogP contribution in [0.2, 0.25) is 0 Å². The molecule has 3 aliphatic rings. The number of aromatic nitrogens is 4. The number of hydrogen-bond acceptors (Lipinski definition) is 11. The monoisotopic (exact) mass is 709 g/mol. The molecule has 2 aromatic heterocycles. The van der Waals surface area contributed by atoms with Gasteiger partial charge in [-0.3, -0.25) is 19.2 Å². The number of benzene rings is 2.